The molecule has 1 saturated heterocycles. The van der Waals surface area contributed by atoms with E-state index >= 15 is 0 Å². The van der Waals surface area contributed by atoms with Gasteiger partial charge in [-0.2, -0.15) is 5.10 Å². The van der Waals surface area contributed by atoms with Gasteiger partial charge in [-0.25, -0.2) is 5.43 Å². The Morgan fingerprint density at radius 3 is 2.74 bits per heavy atom. The van der Waals surface area contributed by atoms with E-state index in [4.69, 9.17) is 21.1 Å². The number of carbonyl (C=O) groups is 1. The maximum Gasteiger partial charge on any atom is 0.295 e. The lowest BCUT2D eigenvalue weighted by Crippen LogP contribution is -3.15. The molecular formula is C20H23ClN3O3+. The summed E-state index contributed by atoms with van der Waals surface area (Å²) in [7, 11) is 0. The van der Waals surface area contributed by atoms with Gasteiger partial charge in [-0.05, 0) is 18.2 Å². The molecule has 7 heteroatoms. The summed E-state index contributed by atoms with van der Waals surface area (Å²) in [6.07, 6.45) is 1.59. The van der Waals surface area contributed by atoms with E-state index in [1.165, 1.54) is 4.90 Å². The first kappa shape index (κ1) is 19.4. The fraction of sp³-hybridized carbons (Fsp3) is 0.300. The lowest BCUT2D eigenvalue weighted by atomic mass is 10.2. The molecule has 1 heterocycles. The van der Waals surface area contributed by atoms with Crippen LogP contribution in [0.5, 0.6) is 5.75 Å². The van der Waals surface area contributed by atoms with Crippen molar-refractivity contribution in [2.45, 2.75) is 6.61 Å². The van der Waals surface area contributed by atoms with E-state index < -0.39 is 0 Å². The normalized spacial score (nSPS) is 15.0. The lowest BCUT2D eigenvalue weighted by Gasteiger charge is -2.22. The number of halogens is 1. The first-order chi connectivity index (χ1) is 13.2. The highest BCUT2D eigenvalue weighted by molar-refractivity contribution is 6.31. The quantitative estimate of drug-likeness (QED) is 0.555. The molecule has 1 amide bonds. The molecule has 0 saturated carbocycles. The van der Waals surface area contributed by atoms with Crippen LogP contribution in [0.1, 0.15) is 11.1 Å². The zero-order valence-corrected chi connectivity index (χ0v) is 15.7. The molecule has 0 spiro atoms. The maximum absolute atomic E-state index is 12.0. The summed E-state index contributed by atoms with van der Waals surface area (Å²) in [5, 5.41) is 4.73. The summed E-state index contributed by atoms with van der Waals surface area (Å²) in [6, 6.07) is 15.1. The first-order valence-electron chi connectivity index (χ1n) is 8.91. The van der Waals surface area contributed by atoms with Gasteiger partial charge in [0.05, 0.1) is 19.4 Å². The van der Waals surface area contributed by atoms with Crippen molar-refractivity contribution in [3.63, 3.8) is 0 Å². The third-order valence-electron chi connectivity index (χ3n) is 4.26. The predicted molar refractivity (Wildman–Crippen MR) is 104 cm³/mol. The second-order valence-electron chi connectivity index (χ2n) is 6.25. The maximum atomic E-state index is 12.0. The molecule has 0 bridgehead atoms. The molecule has 2 N–H and O–H groups in total. The highest BCUT2D eigenvalue weighted by Gasteiger charge is 2.17. The molecule has 142 valence electrons. The first-order valence-corrected chi connectivity index (χ1v) is 9.28. The largest absolute Gasteiger partial charge is 0.488 e. The summed E-state index contributed by atoms with van der Waals surface area (Å²) in [6.45, 7) is 3.83. The van der Waals surface area contributed by atoms with Crippen LogP contribution >= 0.6 is 11.6 Å². The lowest BCUT2D eigenvalue weighted by molar-refractivity contribution is -0.900. The number of morpholine rings is 1. The van der Waals surface area contributed by atoms with Crippen LogP contribution in [-0.4, -0.2) is 45.0 Å². The van der Waals surface area contributed by atoms with Crippen molar-refractivity contribution in [2.24, 2.45) is 5.10 Å². The van der Waals surface area contributed by atoms with Gasteiger partial charge in [-0.1, -0.05) is 41.9 Å². The van der Waals surface area contributed by atoms with Gasteiger partial charge < -0.3 is 14.4 Å². The van der Waals surface area contributed by atoms with Gasteiger partial charge in [0.1, 0.15) is 25.4 Å². The number of para-hydroxylation sites is 1. The Hall–Kier alpha value is -2.41. The van der Waals surface area contributed by atoms with Gasteiger partial charge in [-0.15, -0.1) is 0 Å². The Balaban J connectivity index is 1.54. The van der Waals surface area contributed by atoms with Crippen LogP contribution in [0.4, 0.5) is 0 Å². The van der Waals surface area contributed by atoms with Crippen LogP contribution in [0.2, 0.25) is 5.02 Å². The Bertz CT molecular complexity index is 792. The van der Waals surface area contributed by atoms with Crippen molar-refractivity contribution < 1.29 is 19.2 Å². The molecule has 2 aromatic rings. The number of hydrogen-bond acceptors (Lipinski definition) is 4. The van der Waals surface area contributed by atoms with Crippen molar-refractivity contribution in [1.82, 2.24) is 5.43 Å². The molecule has 0 atom stereocenters. The average molecular weight is 389 g/mol. The standard InChI is InChI=1S/C20H22ClN3O3/c21-18-7-3-1-6-17(18)15-27-19-8-4-2-5-16(19)13-22-23-20(25)14-24-9-11-26-12-10-24/h1-8,13H,9-12,14-15H2,(H,23,25)/p+1/b22-13-. The van der Waals surface area contributed by atoms with Crippen molar-refractivity contribution in [2.75, 3.05) is 32.8 Å². The van der Waals surface area contributed by atoms with E-state index in [1.54, 1.807) is 6.21 Å². The summed E-state index contributed by atoms with van der Waals surface area (Å²) >= 11 is 6.17. The minimum atomic E-state index is -0.113. The Kier molecular flexibility index (Phi) is 7.21. The summed E-state index contributed by atoms with van der Waals surface area (Å²) in [5.41, 5.74) is 4.27. The number of hydrazone groups is 1. The second-order valence-corrected chi connectivity index (χ2v) is 6.66. The topological polar surface area (TPSA) is 64.4 Å². The summed E-state index contributed by atoms with van der Waals surface area (Å²) in [5.74, 6) is 0.562. The molecule has 0 unspecified atom stereocenters. The molecule has 0 radical (unpaired) electrons. The third kappa shape index (κ3) is 6.06. The molecule has 6 nitrogen and oxygen atoms in total. The summed E-state index contributed by atoms with van der Waals surface area (Å²) in [4.78, 5) is 13.2. The number of quaternary nitrogens is 1. The van der Waals surface area contributed by atoms with E-state index in [0.717, 1.165) is 24.2 Å². The average Bonchev–Trinajstić information content (AvgIpc) is 2.69. The Morgan fingerprint density at radius 2 is 1.93 bits per heavy atom. The van der Waals surface area contributed by atoms with Crippen LogP contribution < -0.4 is 15.1 Å². The zero-order chi connectivity index (χ0) is 18.9. The highest BCUT2D eigenvalue weighted by atomic mass is 35.5. The monoisotopic (exact) mass is 388 g/mol. The highest BCUT2D eigenvalue weighted by Crippen LogP contribution is 2.20. The molecule has 0 aliphatic carbocycles. The zero-order valence-electron chi connectivity index (χ0n) is 15.0. The second kappa shape index (κ2) is 10.1. The molecule has 0 aromatic heterocycles. The predicted octanol–water partition coefficient (Wildman–Crippen LogP) is 1.28. The van der Waals surface area contributed by atoms with Crippen molar-refractivity contribution in [1.29, 1.82) is 0 Å². The number of hydrogen-bond donors (Lipinski definition) is 2. The van der Waals surface area contributed by atoms with Gasteiger partial charge in [0.25, 0.3) is 5.91 Å². The van der Waals surface area contributed by atoms with Gasteiger partial charge in [0.2, 0.25) is 0 Å². The Morgan fingerprint density at radius 1 is 1.19 bits per heavy atom. The molecule has 1 fully saturated rings. The number of ether oxygens (including phenoxy) is 2. The van der Waals surface area contributed by atoms with Crippen LogP contribution in [0, 0.1) is 0 Å². The number of benzene rings is 2. The van der Waals surface area contributed by atoms with E-state index in [9.17, 15) is 4.79 Å². The van der Waals surface area contributed by atoms with E-state index in [0.29, 0.717) is 37.1 Å². The minimum absolute atomic E-state index is 0.113. The fourth-order valence-corrected chi connectivity index (χ4v) is 2.96. The molecule has 3 rings (SSSR count). The van der Waals surface area contributed by atoms with Crippen molar-refractivity contribution >= 4 is 23.7 Å². The van der Waals surface area contributed by atoms with Crippen molar-refractivity contribution in [3.8, 4) is 5.75 Å². The molecule has 27 heavy (non-hydrogen) atoms. The smallest absolute Gasteiger partial charge is 0.295 e. The van der Waals surface area contributed by atoms with Crippen molar-refractivity contribution in [3.05, 3.63) is 64.7 Å². The molecule has 1 aliphatic rings. The van der Waals surface area contributed by atoms with Gasteiger partial charge >= 0.3 is 0 Å². The summed E-state index contributed by atoms with van der Waals surface area (Å²) < 4.78 is 11.2. The van der Waals surface area contributed by atoms with Crippen LogP contribution in [-0.2, 0) is 16.1 Å². The van der Waals surface area contributed by atoms with E-state index in [1.807, 2.05) is 48.5 Å². The number of rotatable bonds is 7. The molecule has 1 aliphatic heterocycles. The fourth-order valence-electron chi connectivity index (χ4n) is 2.77. The van der Waals surface area contributed by atoms with Crippen LogP contribution in [0.25, 0.3) is 0 Å². The SMILES string of the molecule is O=C(C[NH+]1CCOCC1)N/N=C\c1ccccc1OCc1ccccc1Cl. The molecular weight excluding hydrogens is 366 g/mol. The number of nitrogens with one attached hydrogen (secondary N) is 2. The van der Waals surface area contributed by atoms with Gasteiger partial charge in [-0.3, -0.25) is 4.79 Å². The minimum Gasteiger partial charge on any atom is -0.488 e. The van der Waals surface area contributed by atoms with Gasteiger partial charge in [0, 0.05) is 16.1 Å². The number of carbonyl (C=O) groups excluding carboxylic acids is 1. The third-order valence-corrected chi connectivity index (χ3v) is 4.63. The Labute approximate surface area is 163 Å². The van der Waals surface area contributed by atoms with Crippen LogP contribution in [0.3, 0.4) is 0 Å². The van der Waals surface area contributed by atoms with E-state index in [-0.39, 0.29) is 5.91 Å². The van der Waals surface area contributed by atoms with E-state index in [2.05, 4.69) is 10.5 Å². The van der Waals surface area contributed by atoms with Crippen LogP contribution in [0.15, 0.2) is 53.6 Å². The number of amides is 1. The van der Waals surface area contributed by atoms with Gasteiger partial charge in [0.15, 0.2) is 6.54 Å². The number of nitrogens with zero attached hydrogens (tertiary/aromatic N) is 1. The molecule has 2 aromatic carbocycles.